The van der Waals surface area contributed by atoms with E-state index < -0.39 is 0 Å². The zero-order valence-electron chi connectivity index (χ0n) is 10.2. The molecule has 94 valence electrons. The molecule has 0 N–H and O–H groups in total. The number of hydrogen-bond acceptors (Lipinski definition) is 4. The monoisotopic (exact) mass is 229 g/mol. The molecule has 0 amide bonds. The molecule has 1 aliphatic heterocycles. The molecule has 0 bridgehead atoms. The Hall–Kier alpha value is -0.450. The second-order valence-corrected chi connectivity index (χ2v) is 4.27. The molecule has 1 aliphatic rings. The average molecular weight is 229 g/mol. The van der Waals surface area contributed by atoms with Crippen molar-refractivity contribution >= 4 is 6.29 Å². The molecule has 4 heteroatoms. The van der Waals surface area contributed by atoms with Gasteiger partial charge in [-0.2, -0.15) is 0 Å². The molecule has 0 saturated carbocycles. The van der Waals surface area contributed by atoms with Crippen LogP contribution in [0.3, 0.4) is 0 Å². The molecule has 0 radical (unpaired) electrons. The van der Waals surface area contributed by atoms with Gasteiger partial charge in [0, 0.05) is 32.8 Å². The molecule has 0 spiro atoms. The summed E-state index contributed by atoms with van der Waals surface area (Å²) in [6, 6.07) is 0. The normalized spacial score (nSPS) is 18.8. The van der Waals surface area contributed by atoms with Gasteiger partial charge in [0.15, 0.2) is 0 Å². The van der Waals surface area contributed by atoms with Gasteiger partial charge in [-0.25, -0.2) is 0 Å². The minimum atomic E-state index is 0.291. The van der Waals surface area contributed by atoms with Gasteiger partial charge in [-0.05, 0) is 32.4 Å². The smallest absolute Gasteiger partial charge is 0.123 e. The molecule has 1 saturated heterocycles. The molecule has 1 rings (SSSR count). The standard InChI is InChI=1S/C12H23NO3/c1-15-8-2-9-16-10-7-13-5-3-12(11-14)4-6-13/h11-12H,2-10H2,1H3. The molecule has 1 fully saturated rings. The molecular weight excluding hydrogens is 206 g/mol. The Bertz CT molecular complexity index is 179. The highest BCUT2D eigenvalue weighted by molar-refractivity contribution is 5.53. The maximum Gasteiger partial charge on any atom is 0.123 e. The van der Waals surface area contributed by atoms with Crippen molar-refractivity contribution in [3.05, 3.63) is 0 Å². The summed E-state index contributed by atoms with van der Waals surface area (Å²) in [5.74, 6) is 0.291. The summed E-state index contributed by atoms with van der Waals surface area (Å²) in [6.07, 6.45) is 4.07. The average Bonchev–Trinajstić information content (AvgIpc) is 2.34. The number of aldehydes is 1. The Kier molecular flexibility index (Phi) is 7.38. The molecular formula is C12H23NO3. The number of methoxy groups -OCH3 is 1. The lowest BCUT2D eigenvalue weighted by Crippen LogP contribution is -2.36. The van der Waals surface area contributed by atoms with Crippen LogP contribution in [0.4, 0.5) is 0 Å². The van der Waals surface area contributed by atoms with Crippen molar-refractivity contribution in [1.82, 2.24) is 4.90 Å². The van der Waals surface area contributed by atoms with Crippen molar-refractivity contribution in [2.75, 3.05) is 46.6 Å². The van der Waals surface area contributed by atoms with Crippen molar-refractivity contribution in [2.45, 2.75) is 19.3 Å². The quantitative estimate of drug-likeness (QED) is 0.459. The fourth-order valence-corrected chi connectivity index (χ4v) is 1.91. The number of piperidine rings is 1. The maximum atomic E-state index is 10.6. The SMILES string of the molecule is COCCCOCCN1CCC(C=O)CC1. The molecule has 0 atom stereocenters. The topological polar surface area (TPSA) is 38.8 Å². The van der Waals surface area contributed by atoms with E-state index in [0.717, 1.165) is 65.0 Å². The summed E-state index contributed by atoms with van der Waals surface area (Å²) < 4.78 is 10.4. The van der Waals surface area contributed by atoms with E-state index in [1.807, 2.05) is 0 Å². The van der Waals surface area contributed by atoms with Crippen LogP contribution in [-0.4, -0.2) is 57.8 Å². The van der Waals surface area contributed by atoms with Crippen molar-refractivity contribution in [2.24, 2.45) is 5.92 Å². The van der Waals surface area contributed by atoms with E-state index >= 15 is 0 Å². The zero-order chi connectivity index (χ0) is 11.6. The summed E-state index contributed by atoms with van der Waals surface area (Å²) >= 11 is 0. The summed E-state index contributed by atoms with van der Waals surface area (Å²) in [4.78, 5) is 12.9. The van der Waals surface area contributed by atoms with Gasteiger partial charge in [0.25, 0.3) is 0 Å². The summed E-state index contributed by atoms with van der Waals surface area (Å²) in [5.41, 5.74) is 0. The van der Waals surface area contributed by atoms with Gasteiger partial charge in [0.1, 0.15) is 6.29 Å². The highest BCUT2D eigenvalue weighted by Gasteiger charge is 2.17. The lowest BCUT2D eigenvalue weighted by molar-refractivity contribution is -0.112. The number of likely N-dealkylation sites (tertiary alicyclic amines) is 1. The van der Waals surface area contributed by atoms with Crippen LogP contribution < -0.4 is 0 Å². The van der Waals surface area contributed by atoms with Gasteiger partial charge in [0.05, 0.1) is 6.61 Å². The number of hydrogen-bond donors (Lipinski definition) is 0. The Morgan fingerprint density at radius 2 is 2.00 bits per heavy atom. The lowest BCUT2D eigenvalue weighted by Gasteiger charge is -2.29. The highest BCUT2D eigenvalue weighted by Crippen LogP contribution is 2.14. The van der Waals surface area contributed by atoms with Gasteiger partial charge in [-0.15, -0.1) is 0 Å². The van der Waals surface area contributed by atoms with Crippen LogP contribution in [0, 0.1) is 5.92 Å². The first-order valence-corrected chi connectivity index (χ1v) is 6.11. The molecule has 1 heterocycles. The predicted molar refractivity (Wildman–Crippen MR) is 62.5 cm³/mol. The largest absolute Gasteiger partial charge is 0.385 e. The Balaban J connectivity index is 1.92. The van der Waals surface area contributed by atoms with Crippen LogP contribution in [0.1, 0.15) is 19.3 Å². The van der Waals surface area contributed by atoms with Crippen LogP contribution in [0.15, 0.2) is 0 Å². The number of nitrogens with zero attached hydrogens (tertiary/aromatic N) is 1. The molecule has 4 nitrogen and oxygen atoms in total. The summed E-state index contributed by atoms with van der Waals surface area (Å²) in [6.45, 7) is 5.38. The molecule has 0 aromatic carbocycles. The van der Waals surface area contributed by atoms with Gasteiger partial charge in [-0.3, -0.25) is 0 Å². The molecule has 16 heavy (non-hydrogen) atoms. The van der Waals surface area contributed by atoms with E-state index in [2.05, 4.69) is 4.90 Å². The van der Waals surface area contributed by atoms with Crippen molar-refractivity contribution in [3.63, 3.8) is 0 Å². The van der Waals surface area contributed by atoms with Crippen LogP contribution in [0.5, 0.6) is 0 Å². The van der Waals surface area contributed by atoms with Crippen LogP contribution in [0.2, 0.25) is 0 Å². The van der Waals surface area contributed by atoms with E-state index in [1.54, 1.807) is 7.11 Å². The predicted octanol–water partition coefficient (Wildman–Crippen LogP) is 0.950. The van der Waals surface area contributed by atoms with Gasteiger partial charge in [0.2, 0.25) is 0 Å². The van der Waals surface area contributed by atoms with Gasteiger partial charge >= 0.3 is 0 Å². The van der Waals surface area contributed by atoms with Gasteiger partial charge in [-0.1, -0.05) is 0 Å². The minimum Gasteiger partial charge on any atom is -0.385 e. The fraction of sp³-hybridized carbons (Fsp3) is 0.917. The molecule has 0 aromatic rings. The zero-order valence-corrected chi connectivity index (χ0v) is 10.2. The Morgan fingerprint density at radius 1 is 1.25 bits per heavy atom. The third kappa shape index (κ3) is 5.58. The number of rotatable bonds is 8. The third-order valence-corrected chi connectivity index (χ3v) is 3.01. The molecule has 0 aliphatic carbocycles. The van der Waals surface area contributed by atoms with E-state index in [-0.39, 0.29) is 0 Å². The van der Waals surface area contributed by atoms with E-state index in [9.17, 15) is 4.79 Å². The third-order valence-electron chi connectivity index (χ3n) is 3.01. The van der Waals surface area contributed by atoms with E-state index in [0.29, 0.717) is 5.92 Å². The Labute approximate surface area is 97.9 Å². The van der Waals surface area contributed by atoms with Crippen molar-refractivity contribution in [1.29, 1.82) is 0 Å². The second-order valence-electron chi connectivity index (χ2n) is 4.27. The first-order chi connectivity index (χ1) is 7.86. The van der Waals surface area contributed by atoms with Crippen LogP contribution >= 0.6 is 0 Å². The summed E-state index contributed by atoms with van der Waals surface area (Å²) in [5, 5.41) is 0. The molecule has 0 unspecified atom stereocenters. The second kappa shape index (κ2) is 8.67. The number of carbonyl (C=O) groups is 1. The highest BCUT2D eigenvalue weighted by atomic mass is 16.5. The first kappa shape index (κ1) is 13.6. The summed E-state index contributed by atoms with van der Waals surface area (Å²) in [7, 11) is 1.71. The lowest BCUT2D eigenvalue weighted by atomic mass is 9.99. The van der Waals surface area contributed by atoms with Crippen molar-refractivity contribution < 1.29 is 14.3 Å². The number of ether oxygens (including phenoxy) is 2. The maximum absolute atomic E-state index is 10.6. The van der Waals surface area contributed by atoms with E-state index in [4.69, 9.17) is 9.47 Å². The minimum absolute atomic E-state index is 0.291. The fourth-order valence-electron chi connectivity index (χ4n) is 1.91. The first-order valence-electron chi connectivity index (χ1n) is 6.11. The van der Waals surface area contributed by atoms with E-state index in [1.165, 1.54) is 0 Å². The van der Waals surface area contributed by atoms with Crippen LogP contribution in [0.25, 0.3) is 0 Å². The van der Waals surface area contributed by atoms with Crippen molar-refractivity contribution in [3.8, 4) is 0 Å². The van der Waals surface area contributed by atoms with Crippen LogP contribution in [-0.2, 0) is 14.3 Å². The molecule has 0 aromatic heterocycles. The van der Waals surface area contributed by atoms with Gasteiger partial charge < -0.3 is 19.2 Å². The Morgan fingerprint density at radius 3 is 2.62 bits per heavy atom. The number of carbonyl (C=O) groups excluding carboxylic acids is 1.